The molecule has 1 aromatic carbocycles. The molecule has 208 valence electrons. The zero-order valence-corrected chi connectivity index (χ0v) is 23.8. The molecule has 0 aliphatic heterocycles. The number of methoxy groups -OCH3 is 1. The lowest BCUT2D eigenvalue weighted by atomic mass is 10.0. The number of hydrogen-bond acceptors (Lipinski definition) is 7. The Morgan fingerprint density at radius 2 is 1.46 bits per heavy atom. The van der Waals surface area contributed by atoms with Gasteiger partial charge in [-0.25, -0.2) is 0 Å². The number of likely N-dealkylation sites (N-methyl/N-ethyl adjacent to an activating group) is 1. The van der Waals surface area contributed by atoms with Gasteiger partial charge in [-0.15, -0.1) is 0 Å². The molecule has 0 bridgehead atoms. The highest BCUT2D eigenvalue weighted by Gasteiger charge is 2.14. The average Bonchev–Trinajstić information content (AvgIpc) is 2.82. The molecule has 1 aromatic rings. The molecule has 0 spiro atoms. The summed E-state index contributed by atoms with van der Waals surface area (Å²) >= 11 is 0. The lowest BCUT2D eigenvalue weighted by Gasteiger charge is -2.23. The molecule has 2 aliphatic carbocycles. The van der Waals surface area contributed by atoms with Gasteiger partial charge in [-0.1, -0.05) is 38.2 Å². The zero-order valence-electron chi connectivity index (χ0n) is 22.2. The van der Waals surface area contributed by atoms with E-state index in [0.717, 1.165) is 30.9 Å². The Labute approximate surface area is 221 Å². The van der Waals surface area contributed by atoms with Crippen molar-refractivity contribution in [3.05, 3.63) is 70.0 Å². The summed E-state index contributed by atoms with van der Waals surface area (Å²) < 4.78 is 64.4. The van der Waals surface area contributed by atoms with Crippen molar-refractivity contribution in [2.75, 3.05) is 37.4 Å². The number of ether oxygens (including phenoxy) is 1. The lowest BCUT2D eigenvalue weighted by Crippen LogP contribution is -2.26. The predicted octanol–water partition coefficient (Wildman–Crippen LogP) is 4.76. The summed E-state index contributed by atoms with van der Waals surface area (Å²) in [7, 11) is -6.23. The minimum absolute atomic E-state index is 0.00981. The normalized spacial score (nSPS) is 19.0. The first-order valence-electron chi connectivity index (χ1n) is 12.0. The highest BCUT2D eigenvalue weighted by atomic mass is 32.2. The molecule has 0 saturated heterocycles. The Hall–Kier alpha value is -2.44. The molecule has 2 aliphatic rings. The quantitative estimate of drug-likeness (QED) is 0.319. The summed E-state index contributed by atoms with van der Waals surface area (Å²) in [5.74, 6) is 0.723. The van der Waals surface area contributed by atoms with E-state index in [4.69, 9.17) is 19.6 Å². The van der Waals surface area contributed by atoms with E-state index in [-0.39, 0.29) is 9.81 Å². The second kappa shape index (κ2) is 15.1. The van der Waals surface area contributed by atoms with Crippen LogP contribution in [0.5, 0.6) is 0 Å². The SMILES string of the molecule is CC1C=CC(S(=O)(=O)O)=CC1.CC1C=CC(S(=O)(=O)O)=CC1.CCN(CCOC)c1ccc(N)c(C)c1. The maximum Gasteiger partial charge on any atom is 0.294 e. The van der Waals surface area contributed by atoms with E-state index in [1.54, 1.807) is 19.3 Å². The van der Waals surface area contributed by atoms with Crippen molar-refractivity contribution in [3.63, 3.8) is 0 Å². The number of rotatable bonds is 7. The van der Waals surface area contributed by atoms with Gasteiger partial charge >= 0.3 is 0 Å². The number of nitrogens with zero attached hydrogens (tertiary/aromatic N) is 1. The van der Waals surface area contributed by atoms with E-state index in [1.807, 2.05) is 26.8 Å². The molecule has 9 nitrogen and oxygen atoms in total. The number of allylic oxidation sites excluding steroid dienone is 6. The van der Waals surface area contributed by atoms with E-state index < -0.39 is 20.2 Å². The second-order valence-electron chi connectivity index (χ2n) is 8.92. The fourth-order valence-electron chi connectivity index (χ4n) is 3.33. The Morgan fingerprint density at radius 3 is 1.78 bits per heavy atom. The average molecular weight is 557 g/mol. The molecule has 0 radical (unpaired) electrons. The van der Waals surface area contributed by atoms with Crippen LogP contribution in [-0.2, 0) is 25.0 Å². The zero-order chi connectivity index (χ0) is 28.2. The molecule has 11 heteroatoms. The van der Waals surface area contributed by atoms with Crippen molar-refractivity contribution in [1.29, 1.82) is 0 Å². The lowest BCUT2D eigenvalue weighted by molar-refractivity contribution is 0.205. The third-order valence-corrected chi connectivity index (χ3v) is 7.52. The van der Waals surface area contributed by atoms with Gasteiger partial charge in [-0.3, -0.25) is 9.11 Å². The summed E-state index contributed by atoms with van der Waals surface area (Å²) in [6, 6.07) is 6.14. The van der Waals surface area contributed by atoms with Gasteiger partial charge < -0.3 is 15.4 Å². The first-order chi connectivity index (χ1) is 17.2. The maximum absolute atomic E-state index is 10.5. The Balaban J connectivity index is 0.000000283. The van der Waals surface area contributed by atoms with Gasteiger partial charge in [0.1, 0.15) is 0 Å². The molecular formula is C26H40N2O7S2. The van der Waals surface area contributed by atoms with E-state index in [9.17, 15) is 16.8 Å². The standard InChI is InChI=1S/C12H20N2O.2C7H10O3S/c1-4-14(7-8-15-3)11-5-6-12(13)10(2)9-11;2*1-6-2-4-7(5-3-6)11(8,9)10/h5-6,9H,4,7-8,13H2,1-3H3;2*2,4-6H,3H2,1H3,(H,8,9,10). The van der Waals surface area contributed by atoms with E-state index in [1.165, 1.54) is 30.0 Å². The van der Waals surface area contributed by atoms with Crippen LogP contribution in [0, 0.1) is 18.8 Å². The Bertz CT molecular complexity index is 1150. The van der Waals surface area contributed by atoms with Crippen molar-refractivity contribution in [2.24, 2.45) is 11.8 Å². The van der Waals surface area contributed by atoms with Gasteiger partial charge in [0.25, 0.3) is 20.2 Å². The minimum atomic E-state index is -3.97. The van der Waals surface area contributed by atoms with Gasteiger partial charge in [-0.2, -0.15) is 16.8 Å². The van der Waals surface area contributed by atoms with Gasteiger partial charge in [0.05, 0.1) is 16.4 Å². The molecule has 3 rings (SSSR count). The largest absolute Gasteiger partial charge is 0.399 e. The van der Waals surface area contributed by atoms with Gasteiger partial charge in [0.15, 0.2) is 0 Å². The Morgan fingerprint density at radius 1 is 0.973 bits per heavy atom. The molecule has 37 heavy (non-hydrogen) atoms. The summed E-state index contributed by atoms with van der Waals surface area (Å²) in [6.45, 7) is 10.8. The number of benzene rings is 1. The van der Waals surface area contributed by atoms with Crippen molar-refractivity contribution in [1.82, 2.24) is 0 Å². The second-order valence-corrected chi connectivity index (χ2v) is 11.8. The number of nitrogens with two attached hydrogens (primary N) is 1. The smallest absolute Gasteiger partial charge is 0.294 e. The van der Waals surface area contributed by atoms with Gasteiger partial charge in [-0.05, 0) is 74.4 Å². The monoisotopic (exact) mass is 556 g/mol. The number of nitrogen functional groups attached to an aromatic ring is 1. The van der Waals surface area contributed by atoms with E-state index >= 15 is 0 Å². The van der Waals surface area contributed by atoms with Crippen LogP contribution in [0.3, 0.4) is 0 Å². The van der Waals surface area contributed by atoms with Crippen LogP contribution < -0.4 is 10.6 Å². The highest BCUT2D eigenvalue weighted by Crippen LogP contribution is 2.21. The summed E-state index contributed by atoms with van der Waals surface area (Å²) in [5.41, 5.74) is 8.97. The number of anilines is 2. The summed E-state index contributed by atoms with van der Waals surface area (Å²) in [5, 5.41) is 0. The third-order valence-electron chi connectivity index (χ3n) is 5.72. The van der Waals surface area contributed by atoms with Crippen LogP contribution in [0.1, 0.15) is 39.2 Å². The third kappa shape index (κ3) is 12.1. The molecule has 4 N–H and O–H groups in total. The van der Waals surface area contributed by atoms with Crippen LogP contribution in [0.2, 0.25) is 0 Å². The topological polar surface area (TPSA) is 147 Å². The van der Waals surface area contributed by atoms with Crippen LogP contribution in [-0.4, -0.2) is 52.7 Å². The molecule has 0 fully saturated rings. The number of aryl methyl sites for hydroxylation is 1. The van der Waals surface area contributed by atoms with Gasteiger partial charge in [0, 0.05) is 31.6 Å². The van der Waals surface area contributed by atoms with Crippen molar-refractivity contribution >= 4 is 31.6 Å². The highest BCUT2D eigenvalue weighted by molar-refractivity contribution is 7.90. The fourth-order valence-corrected chi connectivity index (χ4v) is 4.44. The van der Waals surface area contributed by atoms with Crippen molar-refractivity contribution in [2.45, 2.75) is 40.5 Å². The molecule has 2 unspecified atom stereocenters. The molecule has 2 atom stereocenters. The van der Waals surface area contributed by atoms with E-state index in [2.05, 4.69) is 24.0 Å². The fraction of sp³-hybridized carbons (Fsp3) is 0.462. The summed E-state index contributed by atoms with van der Waals surface area (Å²) in [4.78, 5) is 2.29. The minimum Gasteiger partial charge on any atom is -0.399 e. The molecule has 0 saturated carbocycles. The first kappa shape index (κ1) is 32.6. The first-order valence-corrected chi connectivity index (χ1v) is 14.9. The molecule has 0 amide bonds. The molecular weight excluding hydrogens is 516 g/mol. The Kier molecular flexibility index (Phi) is 13.3. The number of hydrogen-bond donors (Lipinski definition) is 3. The van der Waals surface area contributed by atoms with Crippen molar-refractivity contribution in [3.8, 4) is 0 Å². The molecule has 0 heterocycles. The summed E-state index contributed by atoms with van der Waals surface area (Å²) in [6.07, 6.45) is 10.8. The van der Waals surface area contributed by atoms with Crippen LogP contribution in [0.25, 0.3) is 0 Å². The van der Waals surface area contributed by atoms with Crippen LogP contribution in [0.4, 0.5) is 11.4 Å². The van der Waals surface area contributed by atoms with Gasteiger partial charge in [0.2, 0.25) is 0 Å². The van der Waals surface area contributed by atoms with E-state index in [0.29, 0.717) is 24.7 Å². The molecule has 0 aromatic heterocycles. The van der Waals surface area contributed by atoms with Crippen molar-refractivity contribution < 1.29 is 30.7 Å². The maximum atomic E-state index is 10.5. The predicted molar refractivity (Wildman–Crippen MR) is 150 cm³/mol. The van der Waals surface area contributed by atoms with Crippen LogP contribution >= 0.6 is 0 Å². The van der Waals surface area contributed by atoms with Crippen LogP contribution in [0.15, 0.2) is 64.5 Å².